The molecule has 0 saturated carbocycles. The first-order valence-corrected chi connectivity index (χ1v) is 27.2. The van der Waals surface area contributed by atoms with Crippen molar-refractivity contribution in [3.05, 3.63) is 97.2 Å². The number of carbonyl (C=O) groups is 2. The van der Waals surface area contributed by atoms with Crippen LogP contribution in [0.5, 0.6) is 0 Å². The second-order valence-electron chi connectivity index (χ2n) is 16.7. The van der Waals surface area contributed by atoms with Crippen LogP contribution in [-0.2, 0) is 32.7 Å². The van der Waals surface area contributed by atoms with Gasteiger partial charge in [0.25, 0.3) is 0 Å². The first-order valence-electron chi connectivity index (χ1n) is 25.7. The van der Waals surface area contributed by atoms with Crippen molar-refractivity contribution in [2.75, 3.05) is 26.4 Å². The van der Waals surface area contributed by atoms with E-state index in [0.29, 0.717) is 6.42 Å². The van der Waals surface area contributed by atoms with Crippen LogP contribution in [0.3, 0.4) is 0 Å². The third kappa shape index (κ3) is 50.2. The van der Waals surface area contributed by atoms with Gasteiger partial charge in [-0.3, -0.25) is 18.6 Å². The van der Waals surface area contributed by atoms with Crippen molar-refractivity contribution in [3.63, 3.8) is 0 Å². The predicted octanol–water partition coefficient (Wildman–Crippen LogP) is 15.7. The fourth-order valence-corrected chi connectivity index (χ4v) is 7.47. The first-order chi connectivity index (χ1) is 31.8. The summed E-state index contributed by atoms with van der Waals surface area (Å²) in [6, 6.07) is 0. The van der Waals surface area contributed by atoms with Gasteiger partial charge in [0, 0.05) is 19.4 Å². The maximum absolute atomic E-state index is 12.6. The minimum Gasteiger partial charge on any atom is -0.462 e. The van der Waals surface area contributed by atoms with Crippen LogP contribution in [0.4, 0.5) is 0 Å². The van der Waals surface area contributed by atoms with Gasteiger partial charge in [0.2, 0.25) is 0 Å². The molecule has 0 bridgehead atoms. The lowest BCUT2D eigenvalue weighted by atomic mass is 10.0. The van der Waals surface area contributed by atoms with Crippen molar-refractivity contribution < 1.29 is 37.6 Å². The molecule has 0 amide bonds. The highest BCUT2D eigenvalue weighted by Gasteiger charge is 2.26. The van der Waals surface area contributed by atoms with E-state index in [0.717, 1.165) is 96.3 Å². The number of ether oxygens (including phenoxy) is 2. The molecule has 0 aliphatic rings. The molecule has 0 saturated heterocycles. The van der Waals surface area contributed by atoms with E-state index in [9.17, 15) is 19.0 Å². The van der Waals surface area contributed by atoms with E-state index < -0.39 is 32.5 Å². The molecule has 0 radical (unpaired) electrons. The molecule has 0 aliphatic carbocycles. The first kappa shape index (κ1) is 61.9. The molecule has 372 valence electrons. The second kappa shape index (κ2) is 50.3. The quantitative estimate of drug-likeness (QED) is 0.0265. The molecular formula is C55H94NO8P. The Morgan fingerprint density at radius 3 is 1.26 bits per heavy atom. The third-order valence-corrected chi connectivity index (χ3v) is 11.5. The smallest absolute Gasteiger partial charge is 0.462 e. The van der Waals surface area contributed by atoms with E-state index in [1.165, 1.54) is 77.0 Å². The van der Waals surface area contributed by atoms with Gasteiger partial charge in [0.1, 0.15) is 6.61 Å². The van der Waals surface area contributed by atoms with Crippen molar-refractivity contribution >= 4 is 19.8 Å². The molecule has 0 aromatic heterocycles. The highest BCUT2D eigenvalue weighted by molar-refractivity contribution is 7.47. The Bertz CT molecular complexity index is 1380. The van der Waals surface area contributed by atoms with Crippen molar-refractivity contribution in [1.82, 2.24) is 0 Å². The highest BCUT2D eigenvalue weighted by atomic mass is 31.2. The molecule has 0 aromatic rings. The Morgan fingerprint density at radius 2 is 0.846 bits per heavy atom. The summed E-state index contributed by atoms with van der Waals surface area (Å²) in [4.78, 5) is 35.0. The molecule has 0 spiro atoms. The molecule has 10 heteroatoms. The van der Waals surface area contributed by atoms with Crippen LogP contribution in [0, 0.1) is 0 Å². The number of hydrogen-bond acceptors (Lipinski definition) is 8. The van der Waals surface area contributed by atoms with E-state index in [1.54, 1.807) is 0 Å². The fraction of sp³-hybridized carbons (Fsp3) is 0.673. The fourth-order valence-electron chi connectivity index (χ4n) is 6.71. The van der Waals surface area contributed by atoms with Gasteiger partial charge in [-0.2, -0.15) is 0 Å². The van der Waals surface area contributed by atoms with Crippen molar-refractivity contribution in [2.24, 2.45) is 5.73 Å². The number of unbranched alkanes of at least 4 members (excludes halogenated alkanes) is 18. The molecular weight excluding hydrogens is 834 g/mol. The number of phosphoric acid groups is 1. The SMILES string of the molecule is CC/C=C\C/C=C\C/C=C\C/C=C\C/C=C\C/C=C\C/C=C\C/C=C\CCCCCCC(=O)OC(COC(=O)CCCCCCCCCCCCCCCCC)COP(=O)(O)OCCN. The molecule has 0 heterocycles. The van der Waals surface area contributed by atoms with E-state index >= 15 is 0 Å². The number of hydrogen-bond donors (Lipinski definition) is 2. The lowest BCUT2D eigenvalue weighted by Crippen LogP contribution is -2.29. The zero-order chi connectivity index (χ0) is 47.4. The van der Waals surface area contributed by atoms with Crippen LogP contribution in [-0.4, -0.2) is 49.3 Å². The van der Waals surface area contributed by atoms with Gasteiger partial charge >= 0.3 is 19.8 Å². The summed E-state index contributed by atoms with van der Waals surface area (Å²) in [5.74, 6) is -0.860. The topological polar surface area (TPSA) is 134 Å². The summed E-state index contributed by atoms with van der Waals surface area (Å²) in [7, 11) is -4.39. The molecule has 0 aromatic carbocycles. The molecule has 2 atom stereocenters. The summed E-state index contributed by atoms with van der Waals surface area (Å²) < 4.78 is 32.9. The van der Waals surface area contributed by atoms with Crippen molar-refractivity contribution in [2.45, 2.75) is 213 Å². The summed E-state index contributed by atoms with van der Waals surface area (Å²) in [5.41, 5.74) is 5.36. The largest absolute Gasteiger partial charge is 0.472 e. The Balaban J connectivity index is 4.13. The van der Waals surface area contributed by atoms with Gasteiger partial charge in [-0.25, -0.2) is 4.57 Å². The van der Waals surface area contributed by atoms with Crippen molar-refractivity contribution in [1.29, 1.82) is 0 Å². The zero-order valence-corrected chi connectivity index (χ0v) is 42.1. The standard InChI is InChI=1S/C55H94NO8P/c1-3-5-7-9-11-13-15-17-19-20-21-22-23-24-25-26-27-28-29-30-31-32-34-36-38-40-42-44-46-48-55(58)64-53(52-63-65(59,60)62-50-49-56)51-61-54(57)47-45-43-41-39-37-35-33-18-16-14-12-10-8-6-4-2/h5,7,11,13,17,19,21-22,24-25,27-28,30-31,34,36,53H,3-4,6,8-10,12,14-16,18,20,23,26,29,32-33,35,37-52,56H2,1-2H3,(H,59,60)/b7-5-,13-11-,19-17-,22-21-,25-24-,28-27-,31-30-,36-34-. The summed E-state index contributed by atoms with van der Waals surface area (Å²) in [6.45, 7) is 3.59. The Hall–Kier alpha value is -3.07. The predicted molar refractivity (Wildman–Crippen MR) is 275 cm³/mol. The molecule has 2 unspecified atom stereocenters. The van der Waals surface area contributed by atoms with Crippen LogP contribution in [0.25, 0.3) is 0 Å². The maximum Gasteiger partial charge on any atom is 0.472 e. The van der Waals surface area contributed by atoms with Crippen LogP contribution >= 0.6 is 7.82 Å². The number of nitrogens with two attached hydrogens (primary N) is 1. The number of rotatable bonds is 47. The van der Waals surface area contributed by atoms with E-state index in [2.05, 4.69) is 111 Å². The molecule has 0 aliphatic heterocycles. The van der Waals surface area contributed by atoms with Gasteiger partial charge < -0.3 is 20.1 Å². The molecule has 65 heavy (non-hydrogen) atoms. The minimum absolute atomic E-state index is 0.0448. The number of carbonyl (C=O) groups excluding carboxylic acids is 2. The monoisotopic (exact) mass is 928 g/mol. The summed E-state index contributed by atoms with van der Waals surface area (Å²) in [5, 5.41) is 0. The average Bonchev–Trinajstić information content (AvgIpc) is 3.30. The Kier molecular flexibility index (Phi) is 48.0. The van der Waals surface area contributed by atoms with Crippen LogP contribution in [0.2, 0.25) is 0 Å². The zero-order valence-electron chi connectivity index (χ0n) is 41.2. The van der Waals surface area contributed by atoms with Crippen LogP contribution in [0.15, 0.2) is 97.2 Å². The summed E-state index contributed by atoms with van der Waals surface area (Å²) >= 11 is 0. The van der Waals surface area contributed by atoms with Gasteiger partial charge in [0.15, 0.2) is 6.10 Å². The number of phosphoric ester groups is 1. The van der Waals surface area contributed by atoms with E-state index in [1.807, 2.05) is 0 Å². The molecule has 0 fully saturated rings. The van der Waals surface area contributed by atoms with Crippen molar-refractivity contribution in [3.8, 4) is 0 Å². The second-order valence-corrected chi connectivity index (χ2v) is 18.1. The number of esters is 2. The molecule has 0 rings (SSSR count). The lowest BCUT2D eigenvalue weighted by Gasteiger charge is -2.19. The van der Waals surface area contributed by atoms with Gasteiger partial charge in [-0.05, 0) is 77.0 Å². The average molecular weight is 928 g/mol. The van der Waals surface area contributed by atoms with E-state index in [4.69, 9.17) is 24.3 Å². The normalized spacial score (nSPS) is 14.0. The lowest BCUT2D eigenvalue weighted by molar-refractivity contribution is -0.161. The highest BCUT2D eigenvalue weighted by Crippen LogP contribution is 2.43. The third-order valence-electron chi connectivity index (χ3n) is 10.5. The maximum atomic E-state index is 12.6. The Labute approximate surface area is 397 Å². The minimum atomic E-state index is -4.39. The van der Waals surface area contributed by atoms with Crippen LogP contribution < -0.4 is 5.73 Å². The van der Waals surface area contributed by atoms with E-state index in [-0.39, 0.29) is 32.6 Å². The van der Waals surface area contributed by atoms with Gasteiger partial charge in [-0.15, -0.1) is 0 Å². The molecule has 3 N–H and O–H groups in total. The van der Waals surface area contributed by atoms with Crippen LogP contribution in [0.1, 0.15) is 206 Å². The Morgan fingerprint density at radius 1 is 0.477 bits per heavy atom. The summed E-state index contributed by atoms with van der Waals surface area (Å²) in [6.07, 6.45) is 65.9. The number of allylic oxidation sites excluding steroid dienone is 16. The molecule has 9 nitrogen and oxygen atoms in total. The van der Waals surface area contributed by atoms with Gasteiger partial charge in [-0.1, -0.05) is 214 Å². The van der Waals surface area contributed by atoms with Gasteiger partial charge in [0.05, 0.1) is 13.2 Å².